The summed E-state index contributed by atoms with van der Waals surface area (Å²) in [5.74, 6) is 1.96. The molecule has 2 aromatic heterocycles. The van der Waals surface area contributed by atoms with Crippen molar-refractivity contribution in [3.05, 3.63) is 24.5 Å². The Labute approximate surface area is 134 Å². The van der Waals surface area contributed by atoms with E-state index in [1.165, 1.54) is 0 Å². The summed E-state index contributed by atoms with van der Waals surface area (Å²) >= 11 is 1.79. The van der Waals surface area contributed by atoms with E-state index < -0.39 is 0 Å². The molecule has 0 spiro atoms. The topological polar surface area (TPSA) is 57.3 Å². The van der Waals surface area contributed by atoms with Gasteiger partial charge < -0.3 is 14.2 Å². The molecule has 1 aliphatic heterocycles. The minimum atomic E-state index is 0.865. The molecule has 0 atom stereocenters. The first-order valence-corrected chi connectivity index (χ1v) is 8.74. The molecule has 0 radical (unpaired) electrons. The smallest absolute Gasteiger partial charge is 0.191 e. The number of thioether (sulfide) groups is 1. The third-order valence-electron chi connectivity index (χ3n) is 3.84. The summed E-state index contributed by atoms with van der Waals surface area (Å²) < 4.78 is 7.56. The molecule has 1 aliphatic rings. The van der Waals surface area contributed by atoms with Gasteiger partial charge in [0.15, 0.2) is 11.0 Å². The molecular formula is C15H22N5OS+. The minimum absolute atomic E-state index is 0.865. The molecule has 7 heteroatoms. The van der Waals surface area contributed by atoms with Gasteiger partial charge in [0.05, 0.1) is 25.5 Å². The number of aromatic nitrogens is 4. The minimum Gasteiger partial charge on any atom is -0.370 e. The van der Waals surface area contributed by atoms with Crippen LogP contribution in [0.5, 0.6) is 0 Å². The Hall–Kier alpha value is -1.44. The van der Waals surface area contributed by atoms with Crippen LogP contribution in [0.4, 0.5) is 0 Å². The third kappa shape index (κ3) is 3.66. The summed E-state index contributed by atoms with van der Waals surface area (Å²) in [5.41, 5.74) is 1.02. The molecule has 3 rings (SSSR count). The molecule has 22 heavy (non-hydrogen) atoms. The normalized spacial score (nSPS) is 16.0. The molecule has 1 N–H and O–H groups in total. The Morgan fingerprint density at radius 1 is 1.32 bits per heavy atom. The van der Waals surface area contributed by atoms with E-state index in [0.29, 0.717) is 0 Å². The molecule has 3 heterocycles. The number of nitrogens with one attached hydrogen (secondary N) is 1. The fourth-order valence-corrected chi connectivity index (χ4v) is 3.63. The van der Waals surface area contributed by atoms with Crippen molar-refractivity contribution in [1.82, 2.24) is 19.7 Å². The van der Waals surface area contributed by atoms with E-state index in [9.17, 15) is 0 Å². The van der Waals surface area contributed by atoms with E-state index in [2.05, 4.69) is 26.7 Å². The van der Waals surface area contributed by atoms with Crippen LogP contribution in [-0.4, -0.2) is 58.3 Å². The van der Waals surface area contributed by atoms with Crippen LogP contribution in [0.1, 0.15) is 6.92 Å². The third-order valence-corrected chi connectivity index (χ3v) is 4.81. The van der Waals surface area contributed by atoms with E-state index in [0.717, 1.165) is 61.7 Å². The van der Waals surface area contributed by atoms with E-state index in [4.69, 9.17) is 4.74 Å². The monoisotopic (exact) mass is 320 g/mol. The largest absolute Gasteiger partial charge is 0.370 e. The van der Waals surface area contributed by atoms with Gasteiger partial charge in [-0.05, 0) is 19.1 Å². The lowest BCUT2D eigenvalue weighted by Crippen LogP contribution is -3.14. The first kappa shape index (κ1) is 15.5. The van der Waals surface area contributed by atoms with Gasteiger partial charge in [-0.1, -0.05) is 11.8 Å². The maximum atomic E-state index is 5.39. The molecule has 1 saturated heterocycles. The Morgan fingerprint density at radius 2 is 2.18 bits per heavy atom. The summed E-state index contributed by atoms with van der Waals surface area (Å²) in [4.78, 5) is 5.79. The van der Waals surface area contributed by atoms with Crippen LogP contribution in [0.3, 0.4) is 0 Å². The number of morpholine rings is 1. The van der Waals surface area contributed by atoms with Crippen molar-refractivity contribution >= 4 is 11.8 Å². The van der Waals surface area contributed by atoms with E-state index in [-0.39, 0.29) is 0 Å². The van der Waals surface area contributed by atoms with Crippen LogP contribution < -0.4 is 4.90 Å². The van der Waals surface area contributed by atoms with E-state index in [1.54, 1.807) is 22.9 Å². The van der Waals surface area contributed by atoms with Gasteiger partial charge in [-0.15, -0.1) is 10.2 Å². The predicted molar refractivity (Wildman–Crippen MR) is 86.0 cm³/mol. The molecule has 0 bridgehead atoms. The summed E-state index contributed by atoms with van der Waals surface area (Å²) in [7, 11) is 0. The molecule has 0 aromatic carbocycles. The quantitative estimate of drug-likeness (QED) is 0.779. The fourth-order valence-electron chi connectivity index (χ4n) is 2.59. The number of nitrogens with zero attached hydrogens (tertiary/aromatic N) is 4. The summed E-state index contributed by atoms with van der Waals surface area (Å²) in [6.45, 7) is 8.13. The molecule has 118 valence electrons. The zero-order valence-corrected chi connectivity index (χ0v) is 13.7. The van der Waals surface area contributed by atoms with Gasteiger partial charge in [-0.2, -0.15) is 0 Å². The Balaban J connectivity index is 1.63. The van der Waals surface area contributed by atoms with E-state index in [1.807, 2.05) is 18.3 Å². The number of rotatable bonds is 6. The van der Waals surface area contributed by atoms with Gasteiger partial charge in [0.25, 0.3) is 0 Å². The number of pyridine rings is 1. The fraction of sp³-hybridized carbons (Fsp3) is 0.533. The van der Waals surface area contributed by atoms with Gasteiger partial charge in [0.1, 0.15) is 13.1 Å². The van der Waals surface area contributed by atoms with Gasteiger partial charge in [-0.3, -0.25) is 4.98 Å². The van der Waals surface area contributed by atoms with Crippen molar-refractivity contribution in [2.24, 2.45) is 0 Å². The van der Waals surface area contributed by atoms with Crippen molar-refractivity contribution in [1.29, 1.82) is 0 Å². The zero-order chi connectivity index (χ0) is 15.2. The molecular weight excluding hydrogens is 298 g/mol. The lowest BCUT2D eigenvalue weighted by atomic mass is 10.3. The predicted octanol–water partition coefficient (Wildman–Crippen LogP) is 0.367. The Morgan fingerprint density at radius 3 is 2.91 bits per heavy atom. The van der Waals surface area contributed by atoms with Crippen molar-refractivity contribution in [2.75, 3.05) is 38.6 Å². The zero-order valence-electron chi connectivity index (χ0n) is 12.9. The van der Waals surface area contributed by atoms with Crippen LogP contribution in [-0.2, 0) is 11.3 Å². The van der Waals surface area contributed by atoms with Gasteiger partial charge in [0, 0.05) is 24.5 Å². The first-order valence-electron chi connectivity index (χ1n) is 7.76. The van der Waals surface area contributed by atoms with Gasteiger partial charge in [-0.25, -0.2) is 0 Å². The lowest BCUT2D eigenvalue weighted by Gasteiger charge is -2.23. The highest BCUT2D eigenvalue weighted by Gasteiger charge is 2.16. The summed E-state index contributed by atoms with van der Waals surface area (Å²) in [6, 6.07) is 3.95. The van der Waals surface area contributed by atoms with Crippen molar-refractivity contribution in [3.8, 4) is 11.4 Å². The van der Waals surface area contributed by atoms with Crippen LogP contribution in [0.25, 0.3) is 11.4 Å². The van der Waals surface area contributed by atoms with E-state index >= 15 is 0 Å². The Kier molecular flexibility index (Phi) is 5.42. The molecule has 2 aromatic rings. The van der Waals surface area contributed by atoms with Crippen LogP contribution in [0.15, 0.2) is 29.7 Å². The summed E-state index contributed by atoms with van der Waals surface area (Å²) in [5, 5.41) is 9.70. The SMILES string of the molecule is CCn1c(SCC[NH+]2CCOCC2)nnc1-c1cccnc1. The second kappa shape index (κ2) is 7.71. The van der Waals surface area contributed by atoms with Gasteiger partial charge >= 0.3 is 0 Å². The molecule has 1 fully saturated rings. The number of hydrogen-bond donors (Lipinski definition) is 1. The molecule has 0 saturated carbocycles. The van der Waals surface area contributed by atoms with Crippen molar-refractivity contribution in [2.45, 2.75) is 18.6 Å². The maximum absolute atomic E-state index is 5.39. The number of hydrogen-bond acceptors (Lipinski definition) is 5. The second-order valence-electron chi connectivity index (χ2n) is 5.25. The van der Waals surface area contributed by atoms with Crippen molar-refractivity contribution in [3.63, 3.8) is 0 Å². The Bertz CT molecular complexity index is 583. The molecule has 0 amide bonds. The maximum Gasteiger partial charge on any atom is 0.191 e. The average Bonchev–Trinajstić information content (AvgIpc) is 2.99. The molecule has 0 unspecified atom stereocenters. The van der Waals surface area contributed by atoms with Crippen LogP contribution in [0.2, 0.25) is 0 Å². The van der Waals surface area contributed by atoms with Crippen LogP contribution in [0, 0.1) is 0 Å². The lowest BCUT2D eigenvalue weighted by molar-refractivity contribution is -0.905. The van der Waals surface area contributed by atoms with Crippen LogP contribution >= 0.6 is 11.8 Å². The highest BCUT2D eigenvalue weighted by atomic mass is 32.2. The highest BCUT2D eigenvalue weighted by Crippen LogP contribution is 2.22. The first-order chi connectivity index (χ1) is 10.9. The summed E-state index contributed by atoms with van der Waals surface area (Å²) in [6.07, 6.45) is 3.61. The molecule has 6 nitrogen and oxygen atoms in total. The average molecular weight is 320 g/mol. The molecule has 0 aliphatic carbocycles. The number of ether oxygens (including phenoxy) is 1. The second-order valence-corrected chi connectivity index (χ2v) is 6.32. The standard InChI is InChI=1S/C15H21N5OS/c1-2-20-14(13-4-3-5-16-12-13)17-18-15(20)22-11-8-19-6-9-21-10-7-19/h3-5,12H,2,6-11H2,1H3/p+1. The van der Waals surface area contributed by atoms with Gasteiger partial charge in [0.2, 0.25) is 0 Å². The highest BCUT2D eigenvalue weighted by molar-refractivity contribution is 7.99. The number of quaternary nitrogens is 1. The van der Waals surface area contributed by atoms with Crippen molar-refractivity contribution < 1.29 is 9.64 Å².